The van der Waals surface area contributed by atoms with Gasteiger partial charge in [-0.2, -0.15) is 5.10 Å². The van der Waals surface area contributed by atoms with Crippen molar-refractivity contribution in [1.29, 1.82) is 0 Å². The van der Waals surface area contributed by atoms with Crippen molar-refractivity contribution in [3.63, 3.8) is 0 Å². The second-order valence-corrected chi connectivity index (χ2v) is 7.76. The molecule has 9 heteroatoms. The summed E-state index contributed by atoms with van der Waals surface area (Å²) in [6.45, 7) is 0.333. The Balaban J connectivity index is 1.47. The average Bonchev–Trinajstić information content (AvgIpc) is 3.28. The summed E-state index contributed by atoms with van der Waals surface area (Å²) < 4.78 is 5.20. The highest BCUT2D eigenvalue weighted by molar-refractivity contribution is 6.31. The zero-order valence-corrected chi connectivity index (χ0v) is 18.8. The molecule has 1 aliphatic heterocycles. The minimum Gasteiger partial charge on any atom is -0.495 e. The van der Waals surface area contributed by atoms with Crippen molar-refractivity contribution >= 4 is 40.7 Å². The summed E-state index contributed by atoms with van der Waals surface area (Å²) >= 11 is 5.97. The van der Waals surface area contributed by atoms with Gasteiger partial charge in [-0.3, -0.25) is 14.4 Å². The molecule has 32 heavy (non-hydrogen) atoms. The van der Waals surface area contributed by atoms with Gasteiger partial charge in [0, 0.05) is 31.3 Å². The van der Waals surface area contributed by atoms with Gasteiger partial charge < -0.3 is 15.0 Å². The van der Waals surface area contributed by atoms with Crippen molar-refractivity contribution in [3.8, 4) is 5.75 Å². The smallest absolute Gasteiger partial charge is 0.244 e. The van der Waals surface area contributed by atoms with E-state index in [1.807, 2.05) is 30.3 Å². The highest BCUT2D eigenvalue weighted by atomic mass is 35.5. The number of ether oxygens (including phenoxy) is 1. The lowest BCUT2D eigenvalue weighted by Crippen LogP contribution is -2.35. The number of hydrazone groups is 1. The van der Waals surface area contributed by atoms with Gasteiger partial charge in [0.1, 0.15) is 5.75 Å². The van der Waals surface area contributed by atoms with Gasteiger partial charge in [-0.1, -0.05) is 41.9 Å². The molecule has 1 N–H and O–H groups in total. The fourth-order valence-electron chi connectivity index (χ4n) is 3.28. The van der Waals surface area contributed by atoms with Crippen LogP contribution in [-0.4, -0.2) is 60.6 Å². The van der Waals surface area contributed by atoms with Gasteiger partial charge >= 0.3 is 0 Å². The van der Waals surface area contributed by atoms with E-state index in [0.717, 1.165) is 11.3 Å². The van der Waals surface area contributed by atoms with Crippen molar-refractivity contribution in [2.45, 2.75) is 19.3 Å². The van der Waals surface area contributed by atoms with Crippen molar-refractivity contribution < 1.29 is 19.1 Å². The van der Waals surface area contributed by atoms with E-state index < -0.39 is 5.91 Å². The molecule has 0 saturated carbocycles. The number of anilines is 1. The Morgan fingerprint density at radius 3 is 2.62 bits per heavy atom. The maximum absolute atomic E-state index is 12.5. The van der Waals surface area contributed by atoms with Crippen molar-refractivity contribution in [2.75, 3.05) is 32.6 Å². The van der Waals surface area contributed by atoms with E-state index in [4.69, 9.17) is 16.3 Å². The fourth-order valence-corrected chi connectivity index (χ4v) is 3.45. The Kier molecular flexibility index (Phi) is 7.83. The van der Waals surface area contributed by atoms with Crippen LogP contribution in [0.3, 0.4) is 0 Å². The van der Waals surface area contributed by atoms with E-state index in [1.54, 1.807) is 18.2 Å². The van der Waals surface area contributed by atoms with Gasteiger partial charge in [0.05, 0.1) is 31.6 Å². The number of nitrogens with one attached hydrogen (secondary N) is 1. The summed E-state index contributed by atoms with van der Waals surface area (Å²) in [5.74, 6) is -0.462. The number of rotatable bonds is 8. The van der Waals surface area contributed by atoms with E-state index in [9.17, 15) is 14.4 Å². The largest absolute Gasteiger partial charge is 0.495 e. The zero-order chi connectivity index (χ0) is 23.1. The summed E-state index contributed by atoms with van der Waals surface area (Å²) in [4.78, 5) is 38.5. The number of carbonyl (C=O) groups excluding carboxylic acids is 3. The minimum absolute atomic E-state index is 0.00418. The molecule has 0 atom stereocenters. The van der Waals surface area contributed by atoms with Crippen LogP contribution in [0.2, 0.25) is 5.02 Å². The lowest BCUT2D eigenvalue weighted by atomic mass is 10.1. The summed E-state index contributed by atoms with van der Waals surface area (Å²) in [7, 11) is 3.00. The zero-order valence-electron chi connectivity index (χ0n) is 18.0. The summed E-state index contributed by atoms with van der Waals surface area (Å²) in [6.07, 6.45) is 0.699. The summed E-state index contributed by atoms with van der Waals surface area (Å²) in [6, 6.07) is 14.5. The molecule has 2 aromatic rings. The monoisotopic (exact) mass is 456 g/mol. The van der Waals surface area contributed by atoms with Crippen LogP contribution >= 0.6 is 11.6 Å². The maximum Gasteiger partial charge on any atom is 0.244 e. The van der Waals surface area contributed by atoms with Gasteiger partial charge in [0.15, 0.2) is 0 Å². The SMILES string of the molecule is COc1ccc(Cl)cc1NC(=O)CN(C)C(=O)CCC(=O)N1CCC(c2ccccc2)=N1. The number of amides is 3. The van der Waals surface area contributed by atoms with Gasteiger partial charge in [0.2, 0.25) is 17.7 Å². The van der Waals surface area contributed by atoms with E-state index in [1.165, 1.54) is 24.1 Å². The number of nitrogens with zero attached hydrogens (tertiary/aromatic N) is 3. The highest BCUT2D eigenvalue weighted by Crippen LogP contribution is 2.27. The van der Waals surface area contributed by atoms with Crippen molar-refractivity contribution in [1.82, 2.24) is 9.91 Å². The number of benzene rings is 2. The minimum atomic E-state index is -0.399. The number of carbonyl (C=O) groups is 3. The Labute approximate surface area is 191 Å². The third-order valence-electron chi connectivity index (χ3n) is 4.99. The molecule has 3 amide bonds. The Bertz CT molecular complexity index is 1030. The van der Waals surface area contributed by atoms with Crippen LogP contribution in [-0.2, 0) is 14.4 Å². The summed E-state index contributed by atoms with van der Waals surface area (Å²) in [5, 5.41) is 8.93. The quantitative estimate of drug-likeness (QED) is 0.660. The lowest BCUT2D eigenvalue weighted by Gasteiger charge is -2.18. The van der Waals surface area contributed by atoms with Crippen molar-refractivity contribution in [2.24, 2.45) is 5.10 Å². The normalized spacial score (nSPS) is 12.8. The fraction of sp³-hybridized carbons (Fsp3) is 0.304. The lowest BCUT2D eigenvalue weighted by molar-refractivity contribution is -0.137. The van der Waals surface area contributed by atoms with E-state index in [2.05, 4.69) is 10.4 Å². The van der Waals surface area contributed by atoms with E-state index >= 15 is 0 Å². The van der Waals surface area contributed by atoms with Crippen LogP contribution in [0.15, 0.2) is 53.6 Å². The Morgan fingerprint density at radius 1 is 1.16 bits per heavy atom. The predicted octanol–water partition coefficient (Wildman–Crippen LogP) is 3.16. The molecule has 3 rings (SSSR count). The molecule has 1 heterocycles. The first-order valence-electron chi connectivity index (χ1n) is 10.2. The van der Waals surface area contributed by atoms with Gasteiger partial charge in [0.25, 0.3) is 0 Å². The first kappa shape index (κ1) is 23.3. The van der Waals surface area contributed by atoms with E-state index in [0.29, 0.717) is 29.4 Å². The van der Waals surface area contributed by atoms with Crippen LogP contribution in [0.5, 0.6) is 5.75 Å². The number of likely N-dealkylation sites (N-methyl/N-ethyl adjacent to an activating group) is 1. The van der Waals surface area contributed by atoms with Crippen molar-refractivity contribution in [3.05, 3.63) is 59.1 Å². The second-order valence-electron chi connectivity index (χ2n) is 7.32. The van der Waals surface area contributed by atoms with Crippen LogP contribution in [0.1, 0.15) is 24.8 Å². The number of hydrogen-bond donors (Lipinski definition) is 1. The maximum atomic E-state index is 12.5. The number of hydrogen-bond acceptors (Lipinski definition) is 5. The molecular weight excluding hydrogens is 432 g/mol. The molecule has 0 saturated heterocycles. The molecule has 1 aliphatic rings. The number of methoxy groups -OCH3 is 1. The van der Waals surface area contributed by atoms with E-state index in [-0.39, 0.29) is 31.2 Å². The van der Waals surface area contributed by atoms with Gasteiger partial charge in [-0.05, 0) is 23.8 Å². The number of halogens is 1. The molecule has 8 nitrogen and oxygen atoms in total. The second kappa shape index (κ2) is 10.8. The average molecular weight is 457 g/mol. The Hall–Kier alpha value is -3.39. The molecular formula is C23H25ClN4O4. The third-order valence-corrected chi connectivity index (χ3v) is 5.23. The van der Waals surface area contributed by atoms with Gasteiger partial charge in [-0.25, -0.2) is 5.01 Å². The molecule has 0 bridgehead atoms. The molecule has 0 aliphatic carbocycles. The molecule has 0 spiro atoms. The molecule has 0 unspecified atom stereocenters. The Morgan fingerprint density at radius 2 is 1.91 bits per heavy atom. The predicted molar refractivity (Wildman–Crippen MR) is 123 cm³/mol. The molecule has 2 aromatic carbocycles. The molecule has 0 fully saturated rings. The van der Waals surface area contributed by atoms with Crippen LogP contribution < -0.4 is 10.1 Å². The first-order valence-corrected chi connectivity index (χ1v) is 10.6. The van der Waals surface area contributed by atoms with Crippen LogP contribution in [0.4, 0.5) is 5.69 Å². The van der Waals surface area contributed by atoms with Crippen LogP contribution in [0.25, 0.3) is 0 Å². The third kappa shape index (κ3) is 6.07. The molecule has 0 aromatic heterocycles. The van der Waals surface area contributed by atoms with Gasteiger partial charge in [-0.15, -0.1) is 0 Å². The summed E-state index contributed by atoms with van der Waals surface area (Å²) in [5.41, 5.74) is 2.26. The molecule has 168 valence electrons. The molecule has 0 radical (unpaired) electrons. The standard InChI is InChI=1S/C23H25ClN4O4/c1-27(15-21(29)25-19-14-17(24)8-9-20(19)32-2)22(30)10-11-23(31)28-13-12-18(26-28)16-6-4-3-5-7-16/h3-9,14H,10-13,15H2,1-2H3,(H,25,29). The van der Waals surface area contributed by atoms with Crippen LogP contribution in [0, 0.1) is 0 Å². The highest BCUT2D eigenvalue weighted by Gasteiger charge is 2.23. The first-order chi connectivity index (χ1) is 15.4. The topological polar surface area (TPSA) is 91.3 Å².